The molecule has 0 saturated carbocycles. The molecule has 0 aromatic heterocycles. The summed E-state index contributed by atoms with van der Waals surface area (Å²) in [5.41, 5.74) is 0.720. The lowest BCUT2D eigenvalue weighted by Crippen LogP contribution is -2.38. The summed E-state index contributed by atoms with van der Waals surface area (Å²) in [6, 6.07) is 5.01. The average Bonchev–Trinajstić information content (AvgIpc) is 2.89. The summed E-state index contributed by atoms with van der Waals surface area (Å²) in [4.78, 5) is 39.1. The highest BCUT2D eigenvalue weighted by Gasteiger charge is 2.41. The summed E-state index contributed by atoms with van der Waals surface area (Å²) in [5.74, 6) is 0.478. The fourth-order valence-electron chi connectivity index (χ4n) is 3.70. The zero-order valence-electron chi connectivity index (χ0n) is 15.1. The monoisotopic (exact) mass is 374 g/mol. The van der Waals surface area contributed by atoms with Crippen molar-refractivity contribution >= 4 is 29.4 Å². The zero-order chi connectivity index (χ0) is 19.0. The number of alkyl carbamates (subject to hydrolysis) is 1. The predicted octanol–water partition coefficient (Wildman–Crippen LogP) is 1.54. The Morgan fingerprint density at radius 2 is 2.11 bits per heavy atom. The number of hydrogen-bond donors (Lipinski definition) is 2. The molecule has 2 saturated heterocycles. The zero-order valence-corrected chi connectivity index (χ0v) is 15.1. The molecule has 2 fully saturated rings. The van der Waals surface area contributed by atoms with Crippen LogP contribution in [0.15, 0.2) is 18.2 Å². The lowest BCUT2D eigenvalue weighted by Gasteiger charge is -2.27. The minimum absolute atomic E-state index is 0.0180. The lowest BCUT2D eigenvalue weighted by molar-refractivity contribution is -0.120. The first-order valence-corrected chi connectivity index (χ1v) is 9.02. The van der Waals surface area contributed by atoms with Crippen molar-refractivity contribution in [1.82, 2.24) is 10.2 Å². The molecular formula is C18H22N4O5. The maximum Gasteiger partial charge on any atom is 0.407 e. The molecule has 144 valence electrons. The number of anilines is 2. The fraction of sp³-hybridized carbons (Fsp3) is 0.500. The Morgan fingerprint density at radius 1 is 1.26 bits per heavy atom. The van der Waals surface area contributed by atoms with Crippen molar-refractivity contribution in [3.05, 3.63) is 18.2 Å². The highest BCUT2D eigenvalue weighted by Crippen LogP contribution is 2.34. The summed E-state index contributed by atoms with van der Waals surface area (Å²) in [6.07, 6.45) is 1.72. The number of likely N-dealkylation sites (tertiary alicyclic amines) is 1. The Morgan fingerprint density at radius 3 is 2.89 bits per heavy atom. The largest absolute Gasteiger partial charge is 0.482 e. The minimum Gasteiger partial charge on any atom is -0.482 e. The van der Waals surface area contributed by atoms with Crippen LogP contribution in [0.4, 0.5) is 21.0 Å². The summed E-state index contributed by atoms with van der Waals surface area (Å²) in [5, 5.41) is 5.59. The van der Waals surface area contributed by atoms with E-state index in [1.54, 1.807) is 30.1 Å². The molecule has 9 heteroatoms. The molecule has 4 amide bonds. The number of benzene rings is 1. The van der Waals surface area contributed by atoms with Gasteiger partial charge in [0.25, 0.3) is 5.91 Å². The maximum absolute atomic E-state index is 12.7. The highest BCUT2D eigenvalue weighted by atomic mass is 16.6. The molecule has 1 aromatic rings. The molecule has 3 heterocycles. The van der Waals surface area contributed by atoms with E-state index in [0.29, 0.717) is 43.2 Å². The first kappa shape index (κ1) is 17.4. The second kappa shape index (κ2) is 6.64. The molecule has 1 spiro atoms. The molecule has 2 N–H and O–H groups in total. The minimum atomic E-state index is -0.502. The molecule has 0 radical (unpaired) electrons. The van der Waals surface area contributed by atoms with Gasteiger partial charge >= 0.3 is 12.1 Å². The van der Waals surface area contributed by atoms with E-state index in [1.807, 2.05) is 0 Å². The first-order chi connectivity index (χ1) is 13.0. The number of rotatable bonds is 1. The van der Waals surface area contributed by atoms with Crippen LogP contribution in [0, 0.1) is 0 Å². The second-order valence-electron chi connectivity index (χ2n) is 7.12. The van der Waals surface area contributed by atoms with Crippen molar-refractivity contribution in [1.29, 1.82) is 0 Å². The van der Waals surface area contributed by atoms with Crippen LogP contribution < -0.4 is 20.3 Å². The molecule has 1 aromatic carbocycles. The quantitative estimate of drug-likeness (QED) is 0.777. The predicted molar refractivity (Wildman–Crippen MR) is 97.0 cm³/mol. The molecule has 0 bridgehead atoms. The number of carbonyl (C=O) groups is 3. The Kier molecular flexibility index (Phi) is 4.29. The van der Waals surface area contributed by atoms with Crippen LogP contribution in [-0.2, 0) is 9.53 Å². The van der Waals surface area contributed by atoms with Gasteiger partial charge in [0.2, 0.25) is 0 Å². The standard InChI is InChI=1S/C18H22N4O5/c1-21-13-9-12(3-4-14(13)26-10-15(21)23)20-16(24)22-7-2-5-18(6-8-22)11-19-17(25)27-18/h3-4,9H,2,5-8,10-11H2,1H3,(H,19,25)(H,20,24)/t18-/m1/s1. The summed E-state index contributed by atoms with van der Waals surface area (Å²) >= 11 is 0. The van der Waals surface area contributed by atoms with E-state index in [2.05, 4.69) is 10.6 Å². The van der Waals surface area contributed by atoms with Gasteiger partial charge in [-0.3, -0.25) is 4.79 Å². The summed E-state index contributed by atoms with van der Waals surface area (Å²) < 4.78 is 10.8. The van der Waals surface area contributed by atoms with Crippen LogP contribution in [0.1, 0.15) is 19.3 Å². The number of nitrogens with zero attached hydrogens (tertiary/aromatic N) is 2. The number of likely N-dealkylation sites (N-methyl/N-ethyl adjacent to an activating group) is 1. The Hall–Kier alpha value is -2.97. The van der Waals surface area contributed by atoms with Gasteiger partial charge in [0, 0.05) is 32.2 Å². The van der Waals surface area contributed by atoms with Gasteiger partial charge < -0.3 is 29.9 Å². The molecule has 4 rings (SSSR count). The van der Waals surface area contributed by atoms with Crippen LogP contribution in [0.5, 0.6) is 5.75 Å². The number of carbonyl (C=O) groups excluding carboxylic acids is 3. The number of urea groups is 1. The molecule has 27 heavy (non-hydrogen) atoms. The molecule has 1 atom stereocenters. The van der Waals surface area contributed by atoms with Gasteiger partial charge in [-0.15, -0.1) is 0 Å². The highest BCUT2D eigenvalue weighted by molar-refractivity contribution is 5.99. The Bertz CT molecular complexity index is 798. The topological polar surface area (TPSA) is 100 Å². The molecule has 0 unspecified atom stereocenters. The van der Waals surface area contributed by atoms with Crippen LogP contribution in [-0.4, -0.2) is 61.8 Å². The van der Waals surface area contributed by atoms with Gasteiger partial charge in [-0.05, 0) is 31.0 Å². The Balaban J connectivity index is 1.42. The van der Waals surface area contributed by atoms with Crippen molar-refractivity contribution in [3.63, 3.8) is 0 Å². The normalized spacial score (nSPS) is 24.6. The second-order valence-corrected chi connectivity index (χ2v) is 7.12. The van der Waals surface area contributed by atoms with E-state index in [0.717, 1.165) is 12.8 Å². The molecule has 0 aliphatic carbocycles. The van der Waals surface area contributed by atoms with E-state index >= 15 is 0 Å². The number of amides is 4. The number of ether oxygens (including phenoxy) is 2. The third-order valence-electron chi connectivity index (χ3n) is 5.35. The van der Waals surface area contributed by atoms with Gasteiger partial charge in [0.15, 0.2) is 6.61 Å². The van der Waals surface area contributed by atoms with Crippen molar-refractivity contribution in [2.75, 3.05) is 43.5 Å². The third kappa shape index (κ3) is 3.36. The molecule has 3 aliphatic heterocycles. The van der Waals surface area contributed by atoms with Gasteiger partial charge in [-0.1, -0.05) is 0 Å². The van der Waals surface area contributed by atoms with Gasteiger partial charge in [0.05, 0.1) is 12.2 Å². The van der Waals surface area contributed by atoms with Gasteiger partial charge in [-0.25, -0.2) is 9.59 Å². The van der Waals surface area contributed by atoms with Crippen LogP contribution in [0.3, 0.4) is 0 Å². The smallest absolute Gasteiger partial charge is 0.407 e. The summed E-state index contributed by atoms with van der Waals surface area (Å²) in [7, 11) is 1.68. The van der Waals surface area contributed by atoms with E-state index in [1.165, 1.54) is 4.90 Å². The van der Waals surface area contributed by atoms with Crippen LogP contribution in [0.25, 0.3) is 0 Å². The van der Waals surface area contributed by atoms with E-state index in [-0.39, 0.29) is 24.6 Å². The van der Waals surface area contributed by atoms with Crippen LogP contribution in [0.2, 0.25) is 0 Å². The number of hydrogen-bond acceptors (Lipinski definition) is 5. The van der Waals surface area contributed by atoms with E-state index < -0.39 is 5.60 Å². The number of nitrogens with one attached hydrogen (secondary N) is 2. The molecule has 9 nitrogen and oxygen atoms in total. The van der Waals surface area contributed by atoms with Crippen molar-refractivity contribution < 1.29 is 23.9 Å². The molecular weight excluding hydrogens is 352 g/mol. The fourth-order valence-corrected chi connectivity index (χ4v) is 3.70. The van der Waals surface area contributed by atoms with Gasteiger partial charge in [-0.2, -0.15) is 0 Å². The SMILES string of the molecule is CN1C(=O)COc2ccc(NC(=O)N3CCC[C@@]4(CC3)CNC(=O)O4)cc21. The third-order valence-corrected chi connectivity index (χ3v) is 5.35. The van der Waals surface area contributed by atoms with Crippen molar-refractivity contribution in [3.8, 4) is 5.75 Å². The molecule has 3 aliphatic rings. The van der Waals surface area contributed by atoms with Crippen molar-refractivity contribution in [2.45, 2.75) is 24.9 Å². The first-order valence-electron chi connectivity index (χ1n) is 9.02. The van der Waals surface area contributed by atoms with Crippen LogP contribution >= 0.6 is 0 Å². The van der Waals surface area contributed by atoms with E-state index in [4.69, 9.17) is 9.47 Å². The Labute approximate surface area is 156 Å². The van der Waals surface area contributed by atoms with Gasteiger partial charge in [0.1, 0.15) is 11.4 Å². The lowest BCUT2D eigenvalue weighted by atomic mass is 9.95. The maximum atomic E-state index is 12.7. The van der Waals surface area contributed by atoms with E-state index in [9.17, 15) is 14.4 Å². The van der Waals surface area contributed by atoms with Crippen molar-refractivity contribution in [2.24, 2.45) is 0 Å². The average molecular weight is 374 g/mol. The summed E-state index contributed by atoms with van der Waals surface area (Å²) in [6.45, 7) is 1.61. The number of fused-ring (bicyclic) bond motifs is 1.